The zero-order valence-corrected chi connectivity index (χ0v) is 14.2. The summed E-state index contributed by atoms with van der Waals surface area (Å²) in [5, 5.41) is 3.70. The Hall–Kier alpha value is -2.80. The highest BCUT2D eigenvalue weighted by Gasteiger charge is 2.12. The highest BCUT2D eigenvalue weighted by atomic mass is 32.1. The lowest BCUT2D eigenvalue weighted by molar-refractivity contribution is -0.115. The van der Waals surface area contributed by atoms with E-state index >= 15 is 0 Å². The van der Waals surface area contributed by atoms with Crippen molar-refractivity contribution in [2.24, 2.45) is 0 Å². The molecule has 0 saturated heterocycles. The van der Waals surface area contributed by atoms with Crippen LogP contribution in [-0.4, -0.2) is 29.7 Å². The summed E-state index contributed by atoms with van der Waals surface area (Å²) in [6.45, 7) is 0. The molecule has 6 nitrogen and oxygen atoms in total. The van der Waals surface area contributed by atoms with Gasteiger partial charge in [-0.1, -0.05) is 0 Å². The van der Waals surface area contributed by atoms with E-state index in [0.717, 1.165) is 10.0 Å². The Bertz CT molecular complexity index is 827. The molecule has 2 aromatic heterocycles. The minimum Gasteiger partial charge on any atom is -0.497 e. The second kappa shape index (κ2) is 7.18. The smallest absolute Gasteiger partial charge is 0.229 e. The fourth-order valence-electron chi connectivity index (χ4n) is 2.21. The number of amides is 1. The van der Waals surface area contributed by atoms with Crippen molar-refractivity contribution in [2.45, 2.75) is 6.42 Å². The first-order valence-corrected chi connectivity index (χ1v) is 8.11. The Balaban J connectivity index is 1.68. The summed E-state index contributed by atoms with van der Waals surface area (Å²) in [7, 11) is 3.14. The van der Waals surface area contributed by atoms with Crippen LogP contribution in [0.25, 0.3) is 5.13 Å². The Morgan fingerprint density at radius 1 is 1.25 bits per heavy atom. The minimum atomic E-state index is -0.124. The Morgan fingerprint density at radius 3 is 2.75 bits per heavy atom. The zero-order chi connectivity index (χ0) is 16.9. The summed E-state index contributed by atoms with van der Waals surface area (Å²) in [6, 6.07) is 9.13. The van der Waals surface area contributed by atoms with E-state index in [4.69, 9.17) is 9.47 Å². The molecular formula is C17H17N3O3S. The van der Waals surface area contributed by atoms with Gasteiger partial charge in [-0.15, -0.1) is 11.3 Å². The molecule has 0 spiro atoms. The van der Waals surface area contributed by atoms with E-state index in [9.17, 15) is 4.79 Å². The van der Waals surface area contributed by atoms with Crippen LogP contribution in [0.4, 0.5) is 5.69 Å². The van der Waals surface area contributed by atoms with Gasteiger partial charge in [0.25, 0.3) is 0 Å². The number of thiazole rings is 1. The molecule has 0 bridgehead atoms. The van der Waals surface area contributed by atoms with Crippen molar-refractivity contribution in [3.8, 4) is 16.6 Å². The number of nitrogens with zero attached hydrogens (tertiary/aromatic N) is 2. The first-order valence-electron chi connectivity index (χ1n) is 7.29. The molecule has 0 saturated carbocycles. The van der Waals surface area contributed by atoms with Crippen LogP contribution in [0, 0.1) is 0 Å². The van der Waals surface area contributed by atoms with Crippen molar-refractivity contribution in [1.82, 2.24) is 9.55 Å². The summed E-state index contributed by atoms with van der Waals surface area (Å²) in [5.41, 5.74) is 0.610. The lowest BCUT2D eigenvalue weighted by atomic mass is 10.2. The Labute approximate surface area is 143 Å². The molecule has 0 aliphatic rings. The predicted octanol–water partition coefficient (Wildman–Crippen LogP) is 3.13. The molecule has 0 aliphatic carbocycles. The molecule has 124 valence electrons. The summed E-state index contributed by atoms with van der Waals surface area (Å²) in [6.07, 6.45) is 5.83. The third kappa shape index (κ3) is 3.57. The number of hydrogen-bond donors (Lipinski definition) is 1. The maximum atomic E-state index is 12.3. The molecule has 1 N–H and O–H groups in total. The molecular weight excluding hydrogens is 326 g/mol. The average Bonchev–Trinajstić information content (AvgIpc) is 3.26. The molecule has 7 heteroatoms. The number of anilines is 1. The van der Waals surface area contributed by atoms with Gasteiger partial charge in [-0.05, 0) is 24.3 Å². The normalized spacial score (nSPS) is 10.4. The Kier molecular flexibility index (Phi) is 4.81. The molecule has 3 rings (SSSR count). The van der Waals surface area contributed by atoms with Gasteiger partial charge in [0.1, 0.15) is 11.5 Å². The molecule has 0 atom stereocenters. The van der Waals surface area contributed by atoms with Crippen molar-refractivity contribution in [1.29, 1.82) is 0 Å². The van der Waals surface area contributed by atoms with E-state index in [0.29, 0.717) is 17.2 Å². The number of hydrogen-bond acceptors (Lipinski definition) is 5. The van der Waals surface area contributed by atoms with Gasteiger partial charge in [0.15, 0.2) is 5.13 Å². The second-order valence-electron chi connectivity index (χ2n) is 4.99. The van der Waals surface area contributed by atoms with E-state index in [2.05, 4.69) is 10.3 Å². The molecule has 0 radical (unpaired) electrons. The fourth-order valence-corrected chi connectivity index (χ4v) is 3.09. The lowest BCUT2D eigenvalue weighted by Crippen LogP contribution is -2.14. The predicted molar refractivity (Wildman–Crippen MR) is 93.3 cm³/mol. The first-order chi connectivity index (χ1) is 11.7. The molecule has 1 amide bonds. The van der Waals surface area contributed by atoms with Crippen LogP contribution in [0.1, 0.15) is 4.88 Å². The maximum absolute atomic E-state index is 12.3. The van der Waals surface area contributed by atoms with Crippen LogP contribution >= 0.6 is 11.3 Å². The molecule has 0 fully saturated rings. The van der Waals surface area contributed by atoms with Gasteiger partial charge in [-0.3, -0.25) is 4.79 Å². The SMILES string of the molecule is COc1ccc(NC(=O)Cc2cnc(-n3cccc3)s2)c(OC)c1. The number of benzene rings is 1. The summed E-state index contributed by atoms with van der Waals surface area (Å²) in [5.74, 6) is 1.10. The molecule has 3 aromatic rings. The van der Waals surface area contributed by atoms with Gasteiger partial charge in [-0.25, -0.2) is 4.98 Å². The van der Waals surface area contributed by atoms with Crippen molar-refractivity contribution in [3.05, 3.63) is 53.8 Å². The van der Waals surface area contributed by atoms with Crippen LogP contribution in [-0.2, 0) is 11.2 Å². The minimum absolute atomic E-state index is 0.124. The molecule has 24 heavy (non-hydrogen) atoms. The third-order valence-corrected chi connectivity index (χ3v) is 4.39. The van der Waals surface area contributed by atoms with E-state index in [-0.39, 0.29) is 12.3 Å². The van der Waals surface area contributed by atoms with Gasteiger partial charge in [-0.2, -0.15) is 0 Å². The molecule has 0 unspecified atom stereocenters. The van der Waals surface area contributed by atoms with Gasteiger partial charge in [0.05, 0.1) is 26.3 Å². The second-order valence-corrected chi connectivity index (χ2v) is 6.08. The lowest BCUT2D eigenvalue weighted by Gasteiger charge is -2.11. The number of methoxy groups -OCH3 is 2. The van der Waals surface area contributed by atoms with Crippen LogP contribution in [0.5, 0.6) is 11.5 Å². The van der Waals surface area contributed by atoms with Gasteiger partial charge < -0.3 is 19.4 Å². The fraction of sp³-hybridized carbons (Fsp3) is 0.176. The number of carbonyl (C=O) groups excluding carboxylic acids is 1. The van der Waals surface area contributed by atoms with Crippen LogP contribution in [0.3, 0.4) is 0 Å². The van der Waals surface area contributed by atoms with Crippen LogP contribution in [0.15, 0.2) is 48.9 Å². The highest BCUT2D eigenvalue weighted by molar-refractivity contribution is 7.14. The quantitative estimate of drug-likeness (QED) is 0.747. The molecule has 1 aromatic carbocycles. The summed E-state index contributed by atoms with van der Waals surface area (Å²) in [4.78, 5) is 17.5. The van der Waals surface area contributed by atoms with Gasteiger partial charge in [0, 0.05) is 29.5 Å². The van der Waals surface area contributed by atoms with Crippen LogP contribution < -0.4 is 14.8 Å². The number of ether oxygens (including phenoxy) is 2. The molecule has 0 aliphatic heterocycles. The number of aromatic nitrogens is 2. The highest BCUT2D eigenvalue weighted by Crippen LogP contribution is 2.29. The summed E-state index contributed by atoms with van der Waals surface area (Å²) < 4.78 is 12.3. The topological polar surface area (TPSA) is 65.4 Å². The average molecular weight is 343 g/mol. The van der Waals surface area contributed by atoms with E-state index in [1.165, 1.54) is 11.3 Å². The van der Waals surface area contributed by atoms with Crippen molar-refractivity contribution in [2.75, 3.05) is 19.5 Å². The molecule has 2 heterocycles. The van der Waals surface area contributed by atoms with Gasteiger partial charge in [0.2, 0.25) is 5.91 Å². The monoisotopic (exact) mass is 343 g/mol. The summed E-state index contributed by atoms with van der Waals surface area (Å²) >= 11 is 1.49. The van der Waals surface area contributed by atoms with Crippen molar-refractivity contribution < 1.29 is 14.3 Å². The largest absolute Gasteiger partial charge is 0.497 e. The number of carbonyl (C=O) groups is 1. The first kappa shape index (κ1) is 16.1. The van der Waals surface area contributed by atoms with Crippen molar-refractivity contribution in [3.63, 3.8) is 0 Å². The van der Waals surface area contributed by atoms with Crippen LogP contribution in [0.2, 0.25) is 0 Å². The number of rotatable bonds is 6. The number of nitrogens with one attached hydrogen (secondary N) is 1. The Morgan fingerprint density at radius 2 is 2.04 bits per heavy atom. The zero-order valence-electron chi connectivity index (χ0n) is 13.4. The van der Waals surface area contributed by atoms with E-state index in [1.54, 1.807) is 38.6 Å². The van der Waals surface area contributed by atoms with E-state index < -0.39 is 0 Å². The van der Waals surface area contributed by atoms with Gasteiger partial charge >= 0.3 is 0 Å². The standard InChI is InChI=1S/C17H17N3O3S/c1-22-12-5-6-14(15(9-12)23-2)19-16(21)10-13-11-18-17(24-13)20-7-3-4-8-20/h3-9,11H,10H2,1-2H3,(H,19,21). The third-order valence-electron chi connectivity index (χ3n) is 3.38. The van der Waals surface area contributed by atoms with Crippen molar-refractivity contribution >= 4 is 22.9 Å². The maximum Gasteiger partial charge on any atom is 0.229 e. The van der Waals surface area contributed by atoms with E-state index in [1.807, 2.05) is 29.1 Å².